The fourth-order valence-corrected chi connectivity index (χ4v) is 3.15. The summed E-state index contributed by atoms with van der Waals surface area (Å²) in [6, 6.07) is 9.68. The van der Waals surface area contributed by atoms with Crippen molar-refractivity contribution >= 4 is 17.8 Å². The van der Waals surface area contributed by atoms with Crippen LogP contribution in [0.4, 0.5) is 4.39 Å². The SMILES string of the molecule is F/C(=C\c1ccccc1)SC1CCCCC1. The van der Waals surface area contributed by atoms with Gasteiger partial charge >= 0.3 is 0 Å². The number of hydrogen-bond acceptors (Lipinski definition) is 1. The molecule has 0 radical (unpaired) electrons. The average Bonchev–Trinajstić information content (AvgIpc) is 2.31. The third kappa shape index (κ3) is 3.67. The minimum absolute atomic E-state index is 0.0434. The van der Waals surface area contributed by atoms with Crippen LogP contribution in [0.5, 0.6) is 0 Å². The molecule has 1 aromatic rings. The predicted molar refractivity (Wildman–Crippen MR) is 70.0 cm³/mol. The molecule has 2 rings (SSSR count). The summed E-state index contributed by atoms with van der Waals surface area (Å²) in [5.41, 5.74) is 0.948. The van der Waals surface area contributed by atoms with E-state index in [-0.39, 0.29) is 5.16 Å². The molecule has 1 aliphatic rings. The second-order valence-electron chi connectivity index (χ2n) is 4.24. The molecular weight excluding hydrogens is 219 g/mol. The molecule has 0 N–H and O–H groups in total. The summed E-state index contributed by atoms with van der Waals surface area (Å²) in [6.07, 6.45) is 7.81. The fourth-order valence-electron chi connectivity index (χ4n) is 2.06. The summed E-state index contributed by atoms with van der Waals surface area (Å²) in [5, 5.41) is 0.451. The number of halogens is 1. The Morgan fingerprint density at radius 2 is 1.81 bits per heavy atom. The molecule has 0 heterocycles. The summed E-state index contributed by atoms with van der Waals surface area (Å²) < 4.78 is 13.7. The normalized spacial score (nSPS) is 18.7. The molecule has 0 nitrogen and oxygen atoms in total. The van der Waals surface area contributed by atoms with Crippen LogP contribution in [0, 0.1) is 0 Å². The molecule has 1 fully saturated rings. The van der Waals surface area contributed by atoms with Gasteiger partial charge in [0.25, 0.3) is 0 Å². The lowest BCUT2D eigenvalue weighted by atomic mass is 10.0. The van der Waals surface area contributed by atoms with Gasteiger partial charge in [-0.2, -0.15) is 4.39 Å². The minimum Gasteiger partial charge on any atom is -0.199 e. The number of benzene rings is 1. The van der Waals surface area contributed by atoms with E-state index >= 15 is 0 Å². The van der Waals surface area contributed by atoms with Crippen LogP contribution in [0.15, 0.2) is 35.5 Å². The van der Waals surface area contributed by atoms with Crippen LogP contribution in [0.3, 0.4) is 0 Å². The van der Waals surface area contributed by atoms with E-state index in [1.165, 1.54) is 43.9 Å². The largest absolute Gasteiger partial charge is 0.199 e. The van der Waals surface area contributed by atoms with Crippen LogP contribution >= 0.6 is 11.8 Å². The van der Waals surface area contributed by atoms with E-state index < -0.39 is 0 Å². The molecule has 0 unspecified atom stereocenters. The van der Waals surface area contributed by atoms with E-state index in [1.54, 1.807) is 6.08 Å². The van der Waals surface area contributed by atoms with Crippen molar-refractivity contribution in [3.8, 4) is 0 Å². The Kier molecular flexibility index (Phi) is 4.46. The molecule has 16 heavy (non-hydrogen) atoms. The van der Waals surface area contributed by atoms with Gasteiger partial charge in [-0.05, 0) is 24.5 Å². The van der Waals surface area contributed by atoms with Gasteiger partial charge in [0.2, 0.25) is 0 Å². The number of thioether (sulfide) groups is 1. The summed E-state index contributed by atoms with van der Waals surface area (Å²) in [5.74, 6) is 0. The zero-order valence-corrected chi connectivity index (χ0v) is 10.2. The maximum atomic E-state index is 13.7. The molecule has 2 heteroatoms. The highest BCUT2D eigenvalue weighted by atomic mass is 32.2. The topological polar surface area (TPSA) is 0 Å². The van der Waals surface area contributed by atoms with Gasteiger partial charge in [0.05, 0.1) is 0 Å². The maximum Gasteiger partial charge on any atom is 0.157 e. The number of rotatable bonds is 3. The van der Waals surface area contributed by atoms with Gasteiger partial charge in [-0.3, -0.25) is 0 Å². The van der Waals surface area contributed by atoms with E-state index in [2.05, 4.69) is 0 Å². The van der Waals surface area contributed by atoms with E-state index in [0.29, 0.717) is 5.25 Å². The van der Waals surface area contributed by atoms with Gasteiger partial charge in [0, 0.05) is 5.25 Å². The van der Waals surface area contributed by atoms with Crippen molar-refractivity contribution in [3.63, 3.8) is 0 Å². The average molecular weight is 236 g/mol. The van der Waals surface area contributed by atoms with E-state index in [0.717, 1.165) is 5.56 Å². The molecule has 1 aliphatic carbocycles. The lowest BCUT2D eigenvalue weighted by Gasteiger charge is -2.19. The Balaban J connectivity index is 1.91. The standard InChI is InChI=1S/C14H17FS/c15-14(11-12-7-3-1-4-8-12)16-13-9-5-2-6-10-13/h1,3-4,7-8,11,13H,2,5-6,9-10H2/b14-11+. The van der Waals surface area contributed by atoms with Crippen molar-refractivity contribution in [2.75, 3.05) is 0 Å². The zero-order chi connectivity index (χ0) is 11.2. The van der Waals surface area contributed by atoms with Crippen LogP contribution in [-0.4, -0.2) is 5.25 Å². The second-order valence-corrected chi connectivity index (χ2v) is 5.53. The molecule has 0 bridgehead atoms. The fraction of sp³-hybridized carbons (Fsp3) is 0.429. The Labute approximate surface area is 101 Å². The molecule has 0 aliphatic heterocycles. The number of hydrogen-bond donors (Lipinski definition) is 0. The van der Waals surface area contributed by atoms with E-state index in [9.17, 15) is 4.39 Å². The van der Waals surface area contributed by atoms with E-state index in [4.69, 9.17) is 0 Å². The molecular formula is C14H17FS. The first-order valence-corrected chi connectivity index (χ1v) is 6.81. The van der Waals surface area contributed by atoms with Gasteiger partial charge in [-0.25, -0.2) is 0 Å². The van der Waals surface area contributed by atoms with Crippen molar-refractivity contribution < 1.29 is 4.39 Å². The molecule has 0 spiro atoms. The van der Waals surface area contributed by atoms with Crippen molar-refractivity contribution in [2.45, 2.75) is 37.4 Å². The van der Waals surface area contributed by atoms with Gasteiger partial charge in [-0.15, -0.1) is 0 Å². The van der Waals surface area contributed by atoms with Crippen LogP contribution in [-0.2, 0) is 0 Å². The summed E-state index contributed by atoms with van der Waals surface area (Å²) in [6.45, 7) is 0. The van der Waals surface area contributed by atoms with Crippen molar-refractivity contribution in [1.29, 1.82) is 0 Å². The monoisotopic (exact) mass is 236 g/mol. The van der Waals surface area contributed by atoms with Crippen LogP contribution in [0.25, 0.3) is 6.08 Å². The Morgan fingerprint density at radius 1 is 1.12 bits per heavy atom. The highest BCUT2D eigenvalue weighted by molar-refractivity contribution is 8.03. The summed E-state index contributed by atoms with van der Waals surface area (Å²) in [7, 11) is 0. The van der Waals surface area contributed by atoms with Gasteiger partial charge in [0.1, 0.15) is 0 Å². The van der Waals surface area contributed by atoms with Gasteiger partial charge < -0.3 is 0 Å². The Bertz CT molecular complexity index is 339. The molecule has 0 amide bonds. The van der Waals surface area contributed by atoms with Crippen LogP contribution in [0.1, 0.15) is 37.7 Å². The molecule has 1 saturated carbocycles. The third-order valence-electron chi connectivity index (χ3n) is 2.91. The van der Waals surface area contributed by atoms with Crippen molar-refractivity contribution in [2.24, 2.45) is 0 Å². The van der Waals surface area contributed by atoms with Crippen LogP contribution in [0.2, 0.25) is 0 Å². The van der Waals surface area contributed by atoms with Crippen molar-refractivity contribution in [1.82, 2.24) is 0 Å². The smallest absolute Gasteiger partial charge is 0.157 e. The Morgan fingerprint density at radius 3 is 2.50 bits per heavy atom. The highest BCUT2D eigenvalue weighted by Crippen LogP contribution is 2.34. The maximum absolute atomic E-state index is 13.7. The molecule has 86 valence electrons. The molecule has 1 aromatic carbocycles. The quantitative estimate of drug-likeness (QED) is 0.710. The first-order valence-electron chi connectivity index (χ1n) is 5.93. The highest BCUT2D eigenvalue weighted by Gasteiger charge is 2.15. The second kappa shape index (κ2) is 6.09. The summed E-state index contributed by atoms with van der Waals surface area (Å²) >= 11 is 1.41. The predicted octanol–water partition coefficient (Wildman–Crippen LogP) is 5.02. The molecule has 0 aromatic heterocycles. The third-order valence-corrected chi connectivity index (χ3v) is 4.06. The first kappa shape index (κ1) is 11.7. The van der Waals surface area contributed by atoms with Crippen molar-refractivity contribution in [3.05, 3.63) is 41.1 Å². The summed E-state index contributed by atoms with van der Waals surface area (Å²) in [4.78, 5) is 0. The Hall–Kier alpha value is -0.760. The molecule has 0 saturated heterocycles. The van der Waals surface area contributed by atoms with Gasteiger partial charge in [-0.1, -0.05) is 61.4 Å². The lowest BCUT2D eigenvalue weighted by molar-refractivity contribution is 0.515. The molecule has 0 atom stereocenters. The van der Waals surface area contributed by atoms with Crippen LogP contribution < -0.4 is 0 Å². The lowest BCUT2D eigenvalue weighted by Crippen LogP contribution is -2.07. The first-order chi connectivity index (χ1) is 7.84. The zero-order valence-electron chi connectivity index (χ0n) is 9.36. The van der Waals surface area contributed by atoms with E-state index in [1.807, 2.05) is 30.3 Å². The van der Waals surface area contributed by atoms with Gasteiger partial charge in [0.15, 0.2) is 5.16 Å². The minimum atomic E-state index is -0.0434.